The maximum Gasteiger partial charge on any atom is 0.308 e. The van der Waals surface area contributed by atoms with Crippen molar-refractivity contribution >= 4 is 29.8 Å². The molecule has 14 heteroatoms. The molecule has 0 radical (unpaired) electrons. The number of hydrogen-bond acceptors (Lipinski definition) is 11. The number of carbonyl (C=O) groups excluding carboxylic acids is 3. The molecule has 0 spiro atoms. The molecule has 4 N–H and O–H groups in total. The second-order valence-corrected chi connectivity index (χ2v) is 15.9. The average Bonchev–Trinajstić information content (AvgIpc) is 3.15. The summed E-state index contributed by atoms with van der Waals surface area (Å²) in [5.41, 5.74) is 3.16. The Balaban J connectivity index is 0.972. The first-order valence-corrected chi connectivity index (χ1v) is 19.6. The number of ether oxygens (including phenoxy) is 4. The highest BCUT2D eigenvalue weighted by molar-refractivity contribution is 5.86. The summed E-state index contributed by atoms with van der Waals surface area (Å²) in [6.45, 7) is 0.243. The Morgan fingerprint density at radius 2 is 1.08 bits per heavy atom. The number of amides is 1. The molecule has 0 aromatic heterocycles. The summed E-state index contributed by atoms with van der Waals surface area (Å²) in [5.74, 6) is -5.82. The highest BCUT2D eigenvalue weighted by Gasteiger charge is 2.43. The quantitative estimate of drug-likeness (QED) is 0.147. The van der Waals surface area contributed by atoms with Crippen LogP contribution in [0.1, 0.15) is 116 Å². The zero-order valence-electron chi connectivity index (χ0n) is 30.8. The van der Waals surface area contributed by atoms with Gasteiger partial charge in [-0.15, -0.1) is 0 Å². The van der Waals surface area contributed by atoms with E-state index in [2.05, 4.69) is 10.8 Å². The average molecular weight is 737 g/mol. The zero-order chi connectivity index (χ0) is 37.2. The maximum atomic E-state index is 13.2. The summed E-state index contributed by atoms with van der Waals surface area (Å²) in [5, 5.41) is 22.5. The summed E-state index contributed by atoms with van der Waals surface area (Å²) in [4.78, 5) is 66.9. The first-order chi connectivity index (χ1) is 25.0. The number of methoxy groups -OCH3 is 2. The Bertz CT molecular complexity index is 1220. The third-order valence-electron chi connectivity index (χ3n) is 12.5. The van der Waals surface area contributed by atoms with Crippen LogP contribution in [0.3, 0.4) is 0 Å². The number of carbonyl (C=O) groups is 5. The first-order valence-electron chi connectivity index (χ1n) is 19.6. The number of rotatable bonds is 14. The van der Waals surface area contributed by atoms with Crippen LogP contribution in [-0.2, 0) is 47.8 Å². The van der Waals surface area contributed by atoms with Crippen LogP contribution in [0.2, 0.25) is 0 Å². The van der Waals surface area contributed by atoms with E-state index in [1.807, 2.05) is 0 Å². The van der Waals surface area contributed by atoms with E-state index in [1.165, 1.54) is 14.2 Å². The normalized spacial score (nSPS) is 37.0. The van der Waals surface area contributed by atoms with Crippen molar-refractivity contribution in [1.29, 1.82) is 0 Å². The molecule has 0 heterocycles. The van der Waals surface area contributed by atoms with Crippen LogP contribution < -0.4 is 10.8 Å². The standard InChI is InChI=1S/C38H60N2O12/c1-48-37(46)22-6-16-31(35(42)43)24(18-22)21-50-40-26-10-14-28(15-11-26)52-30-5-3-4-29(20-30)51-27-12-8-25(9-13-27)39-34(41)33-19-23(38(47)49-2)7-17-32(33)36(44)45/h22-33,40H,3-21H2,1-2H3,(H,39,41)(H,42,43)(H,44,45). The molecule has 5 saturated carbocycles. The third kappa shape index (κ3) is 11.1. The Morgan fingerprint density at radius 1 is 0.558 bits per heavy atom. The number of hydroxylamine groups is 1. The summed E-state index contributed by atoms with van der Waals surface area (Å²) in [7, 11) is 2.68. The highest BCUT2D eigenvalue weighted by atomic mass is 16.6. The highest BCUT2D eigenvalue weighted by Crippen LogP contribution is 2.37. The van der Waals surface area contributed by atoms with Gasteiger partial charge in [-0.3, -0.25) is 24.0 Å². The molecule has 5 fully saturated rings. The number of nitrogens with one attached hydrogen (secondary N) is 2. The minimum atomic E-state index is -0.994. The van der Waals surface area contributed by atoms with Crippen molar-refractivity contribution in [2.24, 2.45) is 35.5 Å². The molecular formula is C38H60N2O12. The van der Waals surface area contributed by atoms with Gasteiger partial charge in [0.2, 0.25) is 5.91 Å². The van der Waals surface area contributed by atoms with Crippen molar-refractivity contribution in [3.63, 3.8) is 0 Å². The Hall–Kier alpha value is -2.81. The van der Waals surface area contributed by atoms with E-state index in [0.29, 0.717) is 25.7 Å². The lowest BCUT2D eigenvalue weighted by Crippen LogP contribution is -2.47. The molecule has 5 rings (SSSR count). The Labute approximate surface area is 306 Å². The van der Waals surface area contributed by atoms with Crippen LogP contribution in [0.5, 0.6) is 0 Å². The molecule has 294 valence electrons. The lowest BCUT2D eigenvalue weighted by Gasteiger charge is -2.38. The lowest BCUT2D eigenvalue weighted by atomic mass is 9.73. The van der Waals surface area contributed by atoms with E-state index in [4.69, 9.17) is 23.8 Å². The van der Waals surface area contributed by atoms with Gasteiger partial charge in [-0.05, 0) is 121 Å². The molecular weight excluding hydrogens is 676 g/mol. The number of aliphatic carboxylic acids is 2. The van der Waals surface area contributed by atoms with Gasteiger partial charge in [0, 0.05) is 12.1 Å². The lowest BCUT2D eigenvalue weighted by molar-refractivity contribution is -0.155. The molecule has 1 amide bonds. The van der Waals surface area contributed by atoms with Crippen LogP contribution in [0.4, 0.5) is 0 Å². The van der Waals surface area contributed by atoms with Gasteiger partial charge in [0.15, 0.2) is 0 Å². The molecule has 5 aliphatic rings. The van der Waals surface area contributed by atoms with Crippen LogP contribution in [0.15, 0.2) is 0 Å². The molecule has 52 heavy (non-hydrogen) atoms. The zero-order valence-corrected chi connectivity index (χ0v) is 30.8. The van der Waals surface area contributed by atoms with Gasteiger partial charge >= 0.3 is 23.9 Å². The topological polar surface area (TPSA) is 196 Å². The molecule has 8 unspecified atom stereocenters. The largest absolute Gasteiger partial charge is 0.481 e. The van der Waals surface area contributed by atoms with Gasteiger partial charge in [0.1, 0.15) is 0 Å². The van der Waals surface area contributed by atoms with Gasteiger partial charge in [0.05, 0.1) is 74.8 Å². The van der Waals surface area contributed by atoms with Crippen molar-refractivity contribution in [3.8, 4) is 0 Å². The Morgan fingerprint density at radius 3 is 1.62 bits per heavy atom. The second kappa shape index (κ2) is 19.5. The van der Waals surface area contributed by atoms with E-state index in [1.54, 1.807) is 0 Å². The minimum absolute atomic E-state index is 0.0365. The van der Waals surface area contributed by atoms with Crippen molar-refractivity contribution < 1.29 is 58.0 Å². The predicted octanol–water partition coefficient (Wildman–Crippen LogP) is 4.17. The van der Waals surface area contributed by atoms with Crippen molar-refractivity contribution in [2.45, 2.75) is 152 Å². The SMILES string of the molecule is COC(=O)C1CCC(C(=O)O)C(CONC2CCC(OC3CCCC(OC4CCC(NC(=O)C5CC(C(=O)OC)CCC5C(=O)O)CC4)C3)CC2)C1. The number of carboxylic acid groups (broad SMARTS) is 2. The fraction of sp³-hybridized carbons (Fsp3) is 0.868. The van der Waals surface area contributed by atoms with Crippen LogP contribution in [0, 0.1) is 35.5 Å². The maximum absolute atomic E-state index is 13.2. The van der Waals surface area contributed by atoms with E-state index < -0.39 is 35.6 Å². The Kier molecular flexibility index (Phi) is 15.1. The van der Waals surface area contributed by atoms with E-state index in [0.717, 1.165) is 77.0 Å². The molecule has 14 nitrogen and oxygen atoms in total. The third-order valence-corrected chi connectivity index (χ3v) is 12.5. The molecule has 0 saturated heterocycles. The van der Waals surface area contributed by atoms with Gasteiger partial charge in [-0.2, -0.15) is 5.48 Å². The van der Waals surface area contributed by atoms with Gasteiger partial charge in [-0.25, -0.2) is 0 Å². The number of esters is 2. The number of hydrogen-bond donors (Lipinski definition) is 4. The molecule has 5 aliphatic carbocycles. The monoisotopic (exact) mass is 736 g/mol. The molecule has 0 aliphatic heterocycles. The van der Waals surface area contributed by atoms with Gasteiger partial charge in [0.25, 0.3) is 0 Å². The minimum Gasteiger partial charge on any atom is -0.481 e. The molecule has 0 aromatic rings. The summed E-state index contributed by atoms with van der Waals surface area (Å²) in [6.07, 6.45) is 13.7. The van der Waals surface area contributed by atoms with E-state index in [-0.39, 0.29) is 85.6 Å². The summed E-state index contributed by atoms with van der Waals surface area (Å²) < 4.78 is 22.9. The van der Waals surface area contributed by atoms with Crippen LogP contribution >= 0.6 is 0 Å². The number of carboxylic acids is 2. The fourth-order valence-electron chi connectivity index (χ4n) is 9.43. The predicted molar refractivity (Wildman–Crippen MR) is 185 cm³/mol. The molecule has 0 bridgehead atoms. The van der Waals surface area contributed by atoms with Crippen molar-refractivity contribution in [3.05, 3.63) is 0 Å². The first kappa shape index (κ1) is 40.4. The van der Waals surface area contributed by atoms with Crippen LogP contribution in [-0.4, -0.2) is 97.3 Å². The van der Waals surface area contributed by atoms with Crippen molar-refractivity contribution in [1.82, 2.24) is 10.8 Å². The van der Waals surface area contributed by atoms with Gasteiger partial charge < -0.3 is 39.3 Å². The molecule has 0 aromatic carbocycles. The summed E-state index contributed by atoms with van der Waals surface area (Å²) >= 11 is 0. The van der Waals surface area contributed by atoms with Gasteiger partial charge in [-0.1, -0.05) is 0 Å². The smallest absolute Gasteiger partial charge is 0.308 e. The van der Waals surface area contributed by atoms with Crippen LogP contribution in [0.25, 0.3) is 0 Å². The fourth-order valence-corrected chi connectivity index (χ4v) is 9.43. The van der Waals surface area contributed by atoms with E-state index >= 15 is 0 Å². The summed E-state index contributed by atoms with van der Waals surface area (Å²) in [6, 6.07) is 0.133. The van der Waals surface area contributed by atoms with E-state index in [9.17, 15) is 34.2 Å². The molecule has 8 atom stereocenters. The van der Waals surface area contributed by atoms with Crippen molar-refractivity contribution in [2.75, 3.05) is 20.8 Å². The second-order valence-electron chi connectivity index (χ2n) is 15.9.